The van der Waals surface area contributed by atoms with Crippen LogP contribution < -0.4 is 5.32 Å². The number of ether oxygens (including phenoxy) is 1. The molecule has 0 spiro atoms. The number of carbonyl (C=O) groups is 1. The van der Waals surface area contributed by atoms with Gasteiger partial charge in [-0.15, -0.1) is 12.4 Å². The molecule has 0 radical (unpaired) electrons. The molecule has 0 aromatic heterocycles. The number of methoxy groups -OCH3 is 1. The predicted octanol–water partition coefficient (Wildman–Crippen LogP) is 4.90. The third-order valence-electron chi connectivity index (χ3n) is 5.05. The van der Waals surface area contributed by atoms with E-state index >= 15 is 0 Å². The third-order valence-corrected chi connectivity index (χ3v) is 7.37. The lowest BCUT2D eigenvalue weighted by Gasteiger charge is -2.13. The summed E-state index contributed by atoms with van der Waals surface area (Å²) in [6.45, 7) is 0.976. The molecular weight excluding hydrogens is 521 g/mol. The first-order valence-electron chi connectivity index (χ1n) is 10.1. The van der Waals surface area contributed by atoms with Gasteiger partial charge in [0.15, 0.2) is 0 Å². The highest BCUT2D eigenvalue weighted by atomic mass is 35.5. The number of aliphatic hydroxyl groups is 1. The highest BCUT2D eigenvalue weighted by Crippen LogP contribution is 2.26. The van der Waals surface area contributed by atoms with Gasteiger partial charge in [-0.25, -0.2) is 13.2 Å². The summed E-state index contributed by atoms with van der Waals surface area (Å²) in [6, 6.07) is 17.5. The zero-order valence-corrected chi connectivity index (χ0v) is 21.3. The molecule has 3 aromatic rings. The molecule has 6 nitrogen and oxygen atoms in total. The maximum absolute atomic E-state index is 12.9. The average Bonchev–Trinajstić information content (AvgIpc) is 2.81. The molecule has 182 valence electrons. The molecule has 0 bridgehead atoms. The van der Waals surface area contributed by atoms with Crippen LogP contribution in [0.3, 0.4) is 0 Å². The number of hydrogen-bond acceptors (Lipinski definition) is 6. The van der Waals surface area contributed by atoms with Gasteiger partial charge in [0, 0.05) is 11.6 Å². The van der Waals surface area contributed by atoms with E-state index in [0.29, 0.717) is 24.5 Å². The Morgan fingerprint density at radius 3 is 2.32 bits per heavy atom. The second kappa shape index (κ2) is 12.5. The molecular formula is C24H24Cl3NO5S. The van der Waals surface area contributed by atoms with Gasteiger partial charge in [-0.3, -0.25) is 0 Å². The van der Waals surface area contributed by atoms with Gasteiger partial charge in [0.2, 0.25) is 9.84 Å². The molecule has 0 aliphatic carbocycles. The minimum absolute atomic E-state index is 0. The van der Waals surface area contributed by atoms with Crippen molar-refractivity contribution in [3.8, 4) is 0 Å². The van der Waals surface area contributed by atoms with E-state index in [1.165, 1.54) is 37.4 Å². The standard InChI is InChI=1S/C24H23Cl2NO5S.ClH/c1-32-24(29)21-10-9-20(14-22(21)26)33(30,31)19-7-5-16(6-8-19)11-12-27-15-23(28)17-3-2-4-18(25)13-17;/h2-10,13-14,23,27-28H,11-12,15H2,1H3;1H/t23-;/m0./s1. The van der Waals surface area contributed by atoms with Crippen LogP contribution in [-0.2, 0) is 21.0 Å². The van der Waals surface area contributed by atoms with Gasteiger partial charge in [-0.05, 0) is 66.6 Å². The smallest absolute Gasteiger partial charge is 0.339 e. The molecule has 2 N–H and O–H groups in total. The van der Waals surface area contributed by atoms with Crippen molar-refractivity contribution in [1.82, 2.24) is 5.32 Å². The topological polar surface area (TPSA) is 92.7 Å². The Balaban J connectivity index is 0.00000408. The minimum atomic E-state index is -3.79. The number of hydrogen-bond donors (Lipinski definition) is 2. The van der Waals surface area contributed by atoms with E-state index in [1.54, 1.807) is 30.3 Å². The van der Waals surface area contributed by atoms with Gasteiger partial charge in [-0.1, -0.05) is 47.5 Å². The van der Waals surface area contributed by atoms with Crippen LogP contribution in [-0.4, -0.2) is 39.7 Å². The fraction of sp³-hybridized carbons (Fsp3) is 0.208. The Labute approximate surface area is 215 Å². The van der Waals surface area contributed by atoms with Crippen LogP contribution in [0.25, 0.3) is 0 Å². The lowest BCUT2D eigenvalue weighted by molar-refractivity contribution is 0.0601. The molecule has 3 aromatic carbocycles. The number of aliphatic hydroxyl groups excluding tert-OH is 1. The number of esters is 1. The van der Waals surface area contributed by atoms with E-state index in [2.05, 4.69) is 10.1 Å². The molecule has 1 atom stereocenters. The molecule has 34 heavy (non-hydrogen) atoms. The van der Waals surface area contributed by atoms with Gasteiger partial charge in [0.1, 0.15) is 0 Å². The summed E-state index contributed by atoms with van der Waals surface area (Å²) in [4.78, 5) is 11.8. The maximum Gasteiger partial charge on any atom is 0.339 e. The molecule has 0 aliphatic rings. The fourth-order valence-corrected chi connectivity index (χ4v) is 5.02. The van der Waals surface area contributed by atoms with E-state index in [1.807, 2.05) is 6.07 Å². The molecule has 0 aliphatic heterocycles. The van der Waals surface area contributed by atoms with E-state index in [9.17, 15) is 18.3 Å². The zero-order chi connectivity index (χ0) is 24.0. The first-order valence-corrected chi connectivity index (χ1v) is 12.3. The molecule has 0 heterocycles. The van der Waals surface area contributed by atoms with E-state index in [0.717, 1.165) is 11.1 Å². The fourth-order valence-electron chi connectivity index (χ4n) is 3.21. The zero-order valence-electron chi connectivity index (χ0n) is 18.2. The highest BCUT2D eigenvalue weighted by Gasteiger charge is 2.20. The number of halogens is 3. The summed E-state index contributed by atoms with van der Waals surface area (Å²) in [5, 5.41) is 14.0. The second-order valence-corrected chi connectivity index (χ2v) is 10.1. The Bertz CT molecular complexity index is 1230. The van der Waals surface area contributed by atoms with Crippen molar-refractivity contribution in [3.63, 3.8) is 0 Å². The first kappa shape index (κ1) is 28.1. The summed E-state index contributed by atoms with van der Waals surface area (Å²) in [5.74, 6) is -0.637. The second-order valence-electron chi connectivity index (χ2n) is 7.31. The molecule has 3 rings (SSSR count). The molecule has 0 saturated carbocycles. The van der Waals surface area contributed by atoms with Crippen LogP contribution in [0.4, 0.5) is 0 Å². The van der Waals surface area contributed by atoms with Crippen LogP contribution in [0.15, 0.2) is 76.5 Å². The van der Waals surface area contributed by atoms with Gasteiger partial charge >= 0.3 is 5.97 Å². The normalized spacial score (nSPS) is 12.0. The minimum Gasteiger partial charge on any atom is -0.465 e. The number of benzene rings is 3. The molecule has 0 unspecified atom stereocenters. The van der Waals surface area contributed by atoms with E-state index < -0.39 is 21.9 Å². The number of sulfone groups is 1. The van der Waals surface area contributed by atoms with Crippen LogP contribution in [0, 0.1) is 0 Å². The van der Waals surface area contributed by atoms with Gasteiger partial charge in [-0.2, -0.15) is 0 Å². The predicted molar refractivity (Wildman–Crippen MR) is 135 cm³/mol. The number of carbonyl (C=O) groups excluding carboxylic acids is 1. The highest BCUT2D eigenvalue weighted by molar-refractivity contribution is 7.91. The lowest BCUT2D eigenvalue weighted by atomic mass is 10.1. The van der Waals surface area contributed by atoms with Crippen molar-refractivity contribution in [3.05, 3.63) is 93.5 Å². The monoisotopic (exact) mass is 543 g/mol. The quantitative estimate of drug-likeness (QED) is 0.294. The van der Waals surface area contributed by atoms with Crippen molar-refractivity contribution in [1.29, 1.82) is 0 Å². The third kappa shape index (κ3) is 6.95. The van der Waals surface area contributed by atoms with Gasteiger partial charge in [0.05, 0.1) is 33.6 Å². The van der Waals surface area contributed by atoms with E-state index in [4.69, 9.17) is 23.2 Å². The SMILES string of the molecule is COC(=O)c1ccc(S(=O)(=O)c2ccc(CCNC[C@H](O)c3cccc(Cl)c3)cc2)cc1Cl.Cl. The first-order chi connectivity index (χ1) is 15.7. The van der Waals surface area contributed by atoms with Crippen molar-refractivity contribution in [2.45, 2.75) is 22.3 Å². The van der Waals surface area contributed by atoms with Crippen molar-refractivity contribution >= 4 is 51.4 Å². The largest absolute Gasteiger partial charge is 0.465 e. The van der Waals surface area contributed by atoms with Crippen LogP contribution in [0.2, 0.25) is 10.0 Å². The lowest BCUT2D eigenvalue weighted by Crippen LogP contribution is -2.23. The molecule has 0 amide bonds. The summed E-state index contributed by atoms with van der Waals surface area (Å²) in [7, 11) is -2.57. The number of nitrogens with one attached hydrogen (secondary N) is 1. The van der Waals surface area contributed by atoms with Crippen LogP contribution in [0.1, 0.15) is 27.6 Å². The van der Waals surface area contributed by atoms with Crippen LogP contribution in [0.5, 0.6) is 0 Å². The summed E-state index contributed by atoms with van der Waals surface area (Å²) < 4.78 is 30.5. The average molecular weight is 545 g/mol. The summed E-state index contributed by atoms with van der Waals surface area (Å²) >= 11 is 12.0. The molecule has 0 fully saturated rings. The Morgan fingerprint density at radius 1 is 1.03 bits per heavy atom. The Kier molecular flexibility index (Phi) is 10.4. The number of rotatable bonds is 9. The maximum atomic E-state index is 12.9. The van der Waals surface area contributed by atoms with Gasteiger partial charge < -0.3 is 15.2 Å². The molecule has 0 saturated heterocycles. The van der Waals surface area contributed by atoms with E-state index in [-0.39, 0.29) is 32.8 Å². The summed E-state index contributed by atoms with van der Waals surface area (Å²) in [5.41, 5.74) is 1.78. The van der Waals surface area contributed by atoms with Crippen LogP contribution >= 0.6 is 35.6 Å². The molecule has 10 heteroatoms. The Morgan fingerprint density at radius 2 is 1.71 bits per heavy atom. The summed E-state index contributed by atoms with van der Waals surface area (Å²) in [6.07, 6.45) is -0.0176. The van der Waals surface area contributed by atoms with Gasteiger partial charge in [0.25, 0.3) is 0 Å². The van der Waals surface area contributed by atoms with Crippen molar-refractivity contribution < 1.29 is 23.1 Å². The van der Waals surface area contributed by atoms with Crippen molar-refractivity contribution in [2.75, 3.05) is 20.2 Å². The van der Waals surface area contributed by atoms with Crippen molar-refractivity contribution in [2.24, 2.45) is 0 Å². The Hall–Kier alpha value is -2.13.